The molecule has 0 atom stereocenters. The highest BCUT2D eigenvalue weighted by atomic mass is 16.7. The van der Waals surface area contributed by atoms with Crippen molar-refractivity contribution in [3.05, 3.63) is 17.2 Å². The van der Waals surface area contributed by atoms with Gasteiger partial charge in [0.25, 0.3) is 0 Å². The van der Waals surface area contributed by atoms with E-state index in [1.807, 2.05) is 14.1 Å². The van der Waals surface area contributed by atoms with Crippen LogP contribution in [-0.2, 0) is 17.8 Å². The van der Waals surface area contributed by atoms with Gasteiger partial charge in [0, 0.05) is 17.2 Å². The van der Waals surface area contributed by atoms with Crippen LogP contribution in [0.15, 0.2) is 6.07 Å². The predicted octanol–water partition coefficient (Wildman–Crippen LogP) is 1.03. The first-order chi connectivity index (χ1) is 8.27. The molecule has 0 aromatic heterocycles. The lowest BCUT2D eigenvalue weighted by Gasteiger charge is -2.18. The molecule has 3 rings (SSSR count). The van der Waals surface area contributed by atoms with Crippen molar-refractivity contribution in [1.29, 1.82) is 0 Å². The summed E-state index contributed by atoms with van der Waals surface area (Å²) in [5.41, 5.74) is 1.87. The van der Waals surface area contributed by atoms with Crippen molar-refractivity contribution in [1.82, 2.24) is 5.32 Å². The van der Waals surface area contributed by atoms with Crippen molar-refractivity contribution in [3.8, 4) is 17.2 Å². The van der Waals surface area contributed by atoms with Gasteiger partial charge in [0.15, 0.2) is 11.5 Å². The average molecular weight is 239 g/mol. The van der Waals surface area contributed by atoms with Crippen LogP contribution in [0.5, 0.6) is 17.2 Å². The second-order valence-corrected chi connectivity index (χ2v) is 3.89. The summed E-state index contributed by atoms with van der Waals surface area (Å²) in [7, 11) is 3.75. The highest BCUT2D eigenvalue weighted by molar-refractivity contribution is 5.58. The standard InChI is InChI=1S/C10H10O4.C2H7N/c11-8-3-9-10(14-5-13-9)7-4-12-2-1-6(7)8;1-3-2/h3,11H,1-2,4-5H2;3H,1-2H3. The molecule has 0 spiro atoms. The monoisotopic (exact) mass is 239 g/mol. The fourth-order valence-corrected chi connectivity index (χ4v) is 1.91. The molecular formula is C12H17NO4. The molecule has 94 valence electrons. The van der Waals surface area contributed by atoms with Gasteiger partial charge >= 0.3 is 0 Å². The number of ether oxygens (including phenoxy) is 3. The maximum absolute atomic E-state index is 9.73. The van der Waals surface area contributed by atoms with Crippen LogP contribution in [0.1, 0.15) is 11.1 Å². The quantitative estimate of drug-likeness (QED) is 0.708. The highest BCUT2D eigenvalue weighted by Gasteiger charge is 2.25. The normalized spacial score (nSPS) is 15.9. The van der Waals surface area contributed by atoms with Crippen LogP contribution >= 0.6 is 0 Å². The van der Waals surface area contributed by atoms with E-state index in [0.29, 0.717) is 19.0 Å². The smallest absolute Gasteiger partial charge is 0.231 e. The molecule has 0 aliphatic carbocycles. The molecule has 0 saturated heterocycles. The van der Waals surface area contributed by atoms with E-state index in [1.54, 1.807) is 6.07 Å². The first-order valence-electron chi connectivity index (χ1n) is 5.57. The van der Waals surface area contributed by atoms with Gasteiger partial charge in [0.05, 0.1) is 13.2 Å². The van der Waals surface area contributed by atoms with Gasteiger partial charge in [-0.3, -0.25) is 0 Å². The third-order valence-electron chi connectivity index (χ3n) is 2.60. The molecule has 0 radical (unpaired) electrons. The van der Waals surface area contributed by atoms with Crippen molar-refractivity contribution in [2.45, 2.75) is 13.0 Å². The van der Waals surface area contributed by atoms with E-state index >= 15 is 0 Å². The summed E-state index contributed by atoms with van der Waals surface area (Å²) in [6, 6.07) is 1.62. The van der Waals surface area contributed by atoms with E-state index in [0.717, 1.165) is 23.3 Å². The van der Waals surface area contributed by atoms with Crippen LogP contribution in [0.25, 0.3) is 0 Å². The summed E-state index contributed by atoms with van der Waals surface area (Å²) in [6.07, 6.45) is 0.734. The van der Waals surface area contributed by atoms with E-state index in [1.165, 1.54) is 0 Å². The number of phenolic OH excluding ortho intramolecular Hbond substituents is 1. The summed E-state index contributed by atoms with van der Waals surface area (Å²) >= 11 is 0. The molecule has 2 heterocycles. The fraction of sp³-hybridized carbons (Fsp3) is 0.500. The number of hydrogen-bond donors (Lipinski definition) is 2. The number of rotatable bonds is 0. The Balaban J connectivity index is 0.000000329. The molecule has 1 aromatic rings. The van der Waals surface area contributed by atoms with Gasteiger partial charge in [-0.25, -0.2) is 0 Å². The SMILES string of the molecule is CNC.Oc1cc2c(c3c1CCOC3)OCO2. The van der Waals surface area contributed by atoms with E-state index in [4.69, 9.17) is 14.2 Å². The Morgan fingerprint density at radius 2 is 2.00 bits per heavy atom. The topological polar surface area (TPSA) is 60.0 Å². The summed E-state index contributed by atoms with van der Waals surface area (Å²) < 4.78 is 15.9. The summed E-state index contributed by atoms with van der Waals surface area (Å²) in [5, 5.41) is 12.5. The maximum Gasteiger partial charge on any atom is 0.231 e. The van der Waals surface area contributed by atoms with Crippen LogP contribution < -0.4 is 14.8 Å². The van der Waals surface area contributed by atoms with Crippen molar-refractivity contribution < 1.29 is 19.3 Å². The molecule has 17 heavy (non-hydrogen) atoms. The molecule has 0 unspecified atom stereocenters. The number of aromatic hydroxyl groups is 1. The van der Waals surface area contributed by atoms with Gasteiger partial charge in [-0.15, -0.1) is 0 Å². The van der Waals surface area contributed by atoms with E-state index in [-0.39, 0.29) is 12.5 Å². The summed E-state index contributed by atoms with van der Waals surface area (Å²) in [5.74, 6) is 1.64. The minimum absolute atomic E-state index is 0.227. The lowest BCUT2D eigenvalue weighted by molar-refractivity contribution is 0.106. The van der Waals surface area contributed by atoms with E-state index in [2.05, 4.69) is 5.32 Å². The van der Waals surface area contributed by atoms with Crippen LogP contribution in [0, 0.1) is 0 Å². The molecule has 5 heteroatoms. The molecular weight excluding hydrogens is 222 g/mol. The zero-order valence-electron chi connectivity index (χ0n) is 10.1. The van der Waals surface area contributed by atoms with Gasteiger partial charge in [-0.1, -0.05) is 0 Å². The molecule has 2 aliphatic heterocycles. The lowest BCUT2D eigenvalue weighted by atomic mass is 10.0. The summed E-state index contributed by atoms with van der Waals surface area (Å²) in [4.78, 5) is 0. The van der Waals surface area contributed by atoms with E-state index in [9.17, 15) is 5.11 Å². The average Bonchev–Trinajstić information content (AvgIpc) is 2.79. The Labute approximate surface area is 100 Å². The number of hydrogen-bond acceptors (Lipinski definition) is 5. The minimum atomic E-state index is 0.227. The van der Waals surface area contributed by atoms with Crippen LogP contribution in [0.4, 0.5) is 0 Å². The maximum atomic E-state index is 9.73. The van der Waals surface area contributed by atoms with Gasteiger partial charge in [0.1, 0.15) is 5.75 Å². The Hall–Kier alpha value is -1.46. The van der Waals surface area contributed by atoms with Gasteiger partial charge in [-0.2, -0.15) is 0 Å². The van der Waals surface area contributed by atoms with Gasteiger partial charge < -0.3 is 24.6 Å². The minimum Gasteiger partial charge on any atom is -0.508 e. The molecule has 5 nitrogen and oxygen atoms in total. The number of phenols is 1. The third-order valence-corrected chi connectivity index (χ3v) is 2.60. The Kier molecular flexibility index (Phi) is 3.71. The van der Waals surface area contributed by atoms with Crippen molar-refractivity contribution in [2.75, 3.05) is 27.5 Å². The zero-order chi connectivity index (χ0) is 12.3. The number of benzene rings is 1. The molecule has 0 saturated carbocycles. The van der Waals surface area contributed by atoms with Gasteiger partial charge in [-0.05, 0) is 20.5 Å². The zero-order valence-corrected chi connectivity index (χ0v) is 10.1. The van der Waals surface area contributed by atoms with Crippen LogP contribution in [0.3, 0.4) is 0 Å². The first-order valence-corrected chi connectivity index (χ1v) is 5.57. The molecule has 2 N–H and O–H groups in total. The van der Waals surface area contributed by atoms with Crippen molar-refractivity contribution >= 4 is 0 Å². The predicted molar refractivity (Wildman–Crippen MR) is 62.6 cm³/mol. The Morgan fingerprint density at radius 1 is 1.24 bits per heavy atom. The van der Waals surface area contributed by atoms with Crippen molar-refractivity contribution in [3.63, 3.8) is 0 Å². The van der Waals surface area contributed by atoms with Crippen LogP contribution in [0.2, 0.25) is 0 Å². The largest absolute Gasteiger partial charge is 0.508 e. The molecule has 2 aliphatic rings. The first kappa shape index (κ1) is 12.0. The number of nitrogens with one attached hydrogen (secondary N) is 1. The lowest BCUT2D eigenvalue weighted by Crippen LogP contribution is -2.10. The molecule has 0 fully saturated rings. The third kappa shape index (κ3) is 2.30. The second-order valence-electron chi connectivity index (χ2n) is 3.89. The second kappa shape index (κ2) is 5.25. The van der Waals surface area contributed by atoms with Gasteiger partial charge in [0.2, 0.25) is 6.79 Å². The number of fused-ring (bicyclic) bond motifs is 3. The highest BCUT2D eigenvalue weighted by Crippen LogP contribution is 2.43. The Morgan fingerprint density at radius 3 is 2.76 bits per heavy atom. The summed E-state index contributed by atoms with van der Waals surface area (Å²) in [6.45, 7) is 1.38. The molecule has 0 bridgehead atoms. The van der Waals surface area contributed by atoms with Crippen LogP contribution in [-0.4, -0.2) is 32.6 Å². The van der Waals surface area contributed by atoms with Crippen molar-refractivity contribution in [2.24, 2.45) is 0 Å². The Bertz CT molecular complexity index is 402. The molecule has 1 aromatic carbocycles. The molecule has 0 amide bonds. The van der Waals surface area contributed by atoms with E-state index < -0.39 is 0 Å². The fourth-order valence-electron chi connectivity index (χ4n) is 1.91.